The van der Waals surface area contributed by atoms with Crippen molar-refractivity contribution in [3.63, 3.8) is 0 Å². The van der Waals surface area contributed by atoms with Crippen LogP contribution in [0.25, 0.3) is 0 Å². The van der Waals surface area contributed by atoms with Crippen LogP contribution in [0.15, 0.2) is 30.9 Å². The number of hydrogen-bond acceptors (Lipinski definition) is 1. The molecule has 1 atom stereocenters. The third-order valence-corrected chi connectivity index (χ3v) is 2.35. The molecule has 1 aromatic rings. The molecule has 1 rings (SSSR count). The van der Waals surface area contributed by atoms with Gasteiger partial charge in [-0.3, -0.25) is 0 Å². The molecule has 0 aliphatic rings. The maximum Gasteiger partial charge on any atom is 0.137 e. The topological polar surface area (TPSA) is 9.23 Å². The van der Waals surface area contributed by atoms with Crippen molar-refractivity contribution < 1.29 is 4.74 Å². The van der Waals surface area contributed by atoms with Gasteiger partial charge in [0.2, 0.25) is 0 Å². The number of halogens is 1. The Bertz CT molecular complexity index is 307. The van der Waals surface area contributed by atoms with Crippen LogP contribution in [0.4, 0.5) is 0 Å². The van der Waals surface area contributed by atoms with Gasteiger partial charge in [-0.1, -0.05) is 30.7 Å². The summed E-state index contributed by atoms with van der Waals surface area (Å²) in [7, 11) is 1.61. The minimum absolute atomic E-state index is 0.323. The zero-order chi connectivity index (χ0) is 9.84. The van der Waals surface area contributed by atoms with Gasteiger partial charge in [-0.25, -0.2) is 0 Å². The highest BCUT2D eigenvalue weighted by atomic mass is 35.5. The Morgan fingerprint density at radius 3 is 2.69 bits per heavy atom. The van der Waals surface area contributed by atoms with Crippen molar-refractivity contribution in [1.29, 1.82) is 0 Å². The Morgan fingerprint density at radius 2 is 2.23 bits per heavy atom. The summed E-state index contributed by atoms with van der Waals surface area (Å²) < 4.78 is 5.06. The van der Waals surface area contributed by atoms with Gasteiger partial charge in [0.05, 0.1) is 12.1 Å². The average Bonchev–Trinajstić information content (AvgIpc) is 2.16. The van der Waals surface area contributed by atoms with Gasteiger partial charge >= 0.3 is 0 Å². The first-order valence-electron chi connectivity index (χ1n) is 4.15. The van der Waals surface area contributed by atoms with Crippen molar-refractivity contribution >= 4 is 11.6 Å². The number of hydrogen-bond donors (Lipinski definition) is 0. The Labute approximate surface area is 84.0 Å². The lowest BCUT2D eigenvalue weighted by Crippen LogP contribution is -1.90. The number of allylic oxidation sites excluding steroid dienone is 1. The Hall–Kier alpha value is -0.950. The molecule has 0 bridgehead atoms. The maximum absolute atomic E-state index is 5.97. The van der Waals surface area contributed by atoms with Crippen LogP contribution in [-0.4, -0.2) is 7.11 Å². The van der Waals surface area contributed by atoms with Crippen LogP contribution in [0.1, 0.15) is 18.4 Å². The quantitative estimate of drug-likeness (QED) is 0.671. The van der Waals surface area contributed by atoms with Crippen molar-refractivity contribution in [3.05, 3.63) is 41.4 Å². The summed E-state index contributed by atoms with van der Waals surface area (Å²) in [6, 6.07) is 5.78. The second-order valence-corrected chi connectivity index (χ2v) is 3.33. The van der Waals surface area contributed by atoms with Crippen molar-refractivity contribution in [2.45, 2.75) is 12.8 Å². The Balaban J connectivity index is 3.02. The van der Waals surface area contributed by atoms with E-state index in [-0.39, 0.29) is 0 Å². The molecule has 0 N–H and O–H groups in total. The summed E-state index contributed by atoms with van der Waals surface area (Å²) in [6.45, 7) is 5.81. The third-order valence-electron chi connectivity index (χ3n) is 2.06. The van der Waals surface area contributed by atoms with E-state index in [0.717, 1.165) is 5.56 Å². The molecule has 0 heterocycles. The lowest BCUT2D eigenvalue weighted by molar-refractivity contribution is 0.415. The first kappa shape index (κ1) is 10.1. The highest BCUT2D eigenvalue weighted by Gasteiger charge is 2.04. The first-order chi connectivity index (χ1) is 6.19. The number of benzene rings is 1. The van der Waals surface area contributed by atoms with Crippen LogP contribution >= 0.6 is 11.6 Å². The van der Waals surface area contributed by atoms with Crippen molar-refractivity contribution in [2.75, 3.05) is 7.11 Å². The minimum Gasteiger partial charge on any atom is -0.495 e. The molecular weight excluding hydrogens is 184 g/mol. The van der Waals surface area contributed by atoms with E-state index >= 15 is 0 Å². The highest BCUT2D eigenvalue weighted by Crippen LogP contribution is 2.28. The van der Waals surface area contributed by atoms with Crippen molar-refractivity contribution in [3.8, 4) is 5.75 Å². The summed E-state index contributed by atoms with van der Waals surface area (Å²) >= 11 is 5.97. The highest BCUT2D eigenvalue weighted by molar-refractivity contribution is 6.32. The van der Waals surface area contributed by atoms with Gasteiger partial charge in [-0.05, 0) is 23.6 Å². The molecule has 1 aromatic carbocycles. The molecule has 0 aliphatic heterocycles. The van der Waals surface area contributed by atoms with Gasteiger partial charge in [0.25, 0.3) is 0 Å². The van der Waals surface area contributed by atoms with Crippen molar-refractivity contribution in [2.24, 2.45) is 0 Å². The van der Waals surface area contributed by atoms with Crippen LogP contribution in [-0.2, 0) is 0 Å². The summed E-state index contributed by atoms with van der Waals surface area (Å²) in [5, 5.41) is 0.647. The fourth-order valence-corrected chi connectivity index (χ4v) is 1.37. The molecule has 0 saturated heterocycles. The monoisotopic (exact) mass is 196 g/mol. The molecule has 0 aromatic heterocycles. The summed E-state index contributed by atoms with van der Waals surface area (Å²) in [5.41, 5.74) is 1.15. The molecular formula is C11H13ClO. The van der Waals surface area contributed by atoms with E-state index in [1.807, 2.05) is 24.3 Å². The van der Waals surface area contributed by atoms with Crippen LogP contribution in [0, 0.1) is 0 Å². The summed E-state index contributed by atoms with van der Waals surface area (Å²) in [5.74, 6) is 1.03. The average molecular weight is 197 g/mol. The number of rotatable bonds is 3. The number of methoxy groups -OCH3 is 1. The predicted molar refractivity (Wildman–Crippen MR) is 56.6 cm³/mol. The van der Waals surface area contributed by atoms with Crippen LogP contribution in [0.2, 0.25) is 5.02 Å². The normalized spacial score (nSPS) is 12.2. The molecule has 13 heavy (non-hydrogen) atoms. The van der Waals surface area contributed by atoms with Crippen molar-refractivity contribution in [1.82, 2.24) is 0 Å². The Morgan fingerprint density at radius 1 is 1.54 bits per heavy atom. The third kappa shape index (κ3) is 2.25. The fourth-order valence-electron chi connectivity index (χ4n) is 1.10. The molecule has 2 heteroatoms. The molecule has 1 unspecified atom stereocenters. The van der Waals surface area contributed by atoms with Gasteiger partial charge in [0.15, 0.2) is 0 Å². The lowest BCUT2D eigenvalue weighted by atomic mass is 10.0. The van der Waals surface area contributed by atoms with Crippen LogP contribution < -0.4 is 4.74 Å². The second kappa shape index (κ2) is 4.33. The maximum atomic E-state index is 5.97. The van der Waals surface area contributed by atoms with Gasteiger partial charge in [-0.15, -0.1) is 6.58 Å². The SMILES string of the molecule is C=CC(C)c1ccc(OC)c(Cl)c1. The molecule has 0 spiro atoms. The van der Waals surface area contributed by atoms with E-state index in [1.54, 1.807) is 7.11 Å². The van der Waals surface area contributed by atoms with Crippen LogP contribution in [0.5, 0.6) is 5.75 Å². The van der Waals surface area contributed by atoms with E-state index in [0.29, 0.717) is 16.7 Å². The first-order valence-corrected chi connectivity index (χ1v) is 4.52. The van der Waals surface area contributed by atoms with E-state index < -0.39 is 0 Å². The molecule has 0 aliphatic carbocycles. The molecule has 0 amide bonds. The summed E-state index contributed by atoms with van der Waals surface area (Å²) in [4.78, 5) is 0. The minimum atomic E-state index is 0.323. The van der Waals surface area contributed by atoms with Gasteiger partial charge in [0, 0.05) is 0 Å². The fraction of sp³-hybridized carbons (Fsp3) is 0.273. The van der Waals surface area contributed by atoms with Gasteiger partial charge in [0.1, 0.15) is 5.75 Å². The smallest absolute Gasteiger partial charge is 0.137 e. The zero-order valence-electron chi connectivity index (χ0n) is 7.88. The molecule has 70 valence electrons. The van der Waals surface area contributed by atoms with E-state index in [2.05, 4.69) is 13.5 Å². The molecule has 0 saturated carbocycles. The molecule has 0 fully saturated rings. The van der Waals surface area contributed by atoms with E-state index in [9.17, 15) is 0 Å². The van der Waals surface area contributed by atoms with E-state index in [4.69, 9.17) is 16.3 Å². The lowest BCUT2D eigenvalue weighted by Gasteiger charge is -2.08. The summed E-state index contributed by atoms with van der Waals surface area (Å²) in [6.07, 6.45) is 1.89. The largest absolute Gasteiger partial charge is 0.495 e. The Kier molecular flexibility index (Phi) is 3.38. The van der Waals surface area contributed by atoms with Gasteiger partial charge in [-0.2, -0.15) is 0 Å². The zero-order valence-corrected chi connectivity index (χ0v) is 8.64. The van der Waals surface area contributed by atoms with Gasteiger partial charge < -0.3 is 4.74 Å². The molecule has 0 radical (unpaired) electrons. The predicted octanol–water partition coefficient (Wildman–Crippen LogP) is 3.64. The molecule has 1 nitrogen and oxygen atoms in total. The standard InChI is InChI=1S/C11H13ClO/c1-4-8(2)9-5-6-11(13-3)10(12)7-9/h4-8H,1H2,2-3H3. The van der Waals surface area contributed by atoms with Crippen LogP contribution in [0.3, 0.4) is 0 Å². The second-order valence-electron chi connectivity index (χ2n) is 2.92. The number of ether oxygens (including phenoxy) is 1. The van der Waals surface area contributed by atoms with E-state index in [1.165, 1.54) is 0 Å².